The molecular weight excluding hydrogens is 152 g/mol. The summed E-state index contributed by atoms with van der Waals surface area (Å²) in [4.78, 5) is 14.2. The molecule has 0 radical (unpaired) electrons. The average molecular weight is 157 g/mol. The Morgan fingerprint density at radius 2 is 2.40 bits per heavy atom. The minimum atomic E-state index is -0.578. The zero-order valence-corrected chi connectivity index (χ0v) is 5.80. The van der Waals surface area contributed by atoms with Crippen LogP contribution in [0, 0.1) is 0 Å². The first-order valence-corrected chi connectivity index (χ1v) is 3.00. The predicted octanol–water partition coefficient (Wildman–Crippen LogP) is 1.04. The van der Waals surface area contributed by atoms with E-state index in [-0.39, 0.29) is 11.4 Å². The molecule has 0 aliphatic rings. The molecule has 0 spiro atoms. The Hall–Kier alpha value is -1.09. The molecule has 1 heterocycles. The van der Waals surface area contributed by atoms with Crippen LogP contribution in [0.25, 0.3) is 0 Å². The third-order valence-corrected chi connectivity index (χ3v) is 1.25. The molecule has 3 nitrogen and oxygen atoms in total. The van der Waals surface area contributed by atoms with Gasteiger partial charge in [0.2, 0.25) is 0 Å². The summed E-state index contributed by atoms with van der Waals surface area (Å²) < 4.78 is 0. The van der Waals surface area contributed by atoms with Crippen LogP contribution < -0.4 is 5.73 Å². The fourth-order valence-electron chi connectivity index (χ4n) is 0.584. The maximum absolute atomic E-state index is 10.5. The van der Waals surface area contributed by atoms with Crippen LogP contribution in [0.1, 0.15) is 10.4 Å². The zero-order valence-electron chi connectivity index (χ0n) is 5.04. The summed E-state index contributed by atoms with van der Waals surface area (Å²) in [6.07, 6.45) is 1.50. The van der Waals surface area contributed by atoms with E-state index in [0.29, 0.717) is 0 Å². The Morgan fingerprint density at radius 3 is 2.80 bits per heavy atom. The standard InChI is InChI=1S/C6H5ClN2O/c7-5(10)4-2-1-3-9-6(4)8/h1-3H,(H2,8,9). The van der Waals surface area contributed by atoms with Crippen molar-refractivity contribution < 1.29 is 4.79 Å². The van der Waals surface area contributed by atoms with Gasteiger partial charge in [0.15, 0.2) is 0 Å². The number of nitrogens with two attached hydrogens (primary N) is 1. The van der Waals surface area contributed by atoms with E-state index in [1.807, 2.05) is 0 Å². The smallest absolute Gasteiger partial charge is 0.256 e. The number of hydrogen-bond donors (Lipinski definition) is 1. The van der Waals surface area contributed by atoms with E-state index in [2.05, 4.69) is 4.98 Å². The van der Waals surface area contributed by atoms with E-state index in [9.17, 15) is 4.79 Å². The number of hydrogen-bond acceptors (Lipinski definition) is 3. The lowest BCUT2D eigenvalue weighted by Crippen LogP contribution is -1.98. The average Bonchev–Trinajstić information content (AvgIpc) is 1.88. The molecule has 0 bridgehead atoms. The summed E-state index contributed by atoms with van der Waals surface area (Å²) in [5.41, 5.74) is 5.56. The summed E-state index contributed by atoms with van der Waals surface area (Å²) in [6.45, 7) is 0. The Labute approximate surface area is 62.8 Å². The monoisotopic (exact) mass is 156 g/mol. The van der Waals surface area contributed by atoms with E-state index in [0.717, 1.165) is 0 Å². The molecule has 2 N–H and O–H groups in total. The van der Waals surface area contributed by atoms with Gasteiger partial charge in [0, 0.05) is 6.20 Å². The van der Waals surface area contributed by atoms with Crippen LogP contribution in [0.2, 0.25) is 0 Å². The van der Waals surface area contributed by atoms with Crippen molar-refractivity contribution in [2.75, 3.05) is 5.73 Å². The molecule has 0 aliphatic heterocycles. The zero-order chi connectivity index (χ0) is 7.56. The van der Waals surface area contributed by atoms with Gasteiger partial charge >= 0.3 is 0 Å². The number of rotatable bonds is 1. The third kappa shape index (κ3) is 1.25. The Balaban J connectivity index is 3.15. The first-order valence-electron chi connectivity index (χ1n) is 2.62. The number of carbonyl (C=O) groups excluding carboxylic acids is 1. The van der Waals surface area contributed by atoms with Gasteiger partial charge in [0.25, 0.3) is 5.24 Å². The Bertz CT molecular complexity index is 262. The Kier molecular flexibility index (Phi) is 1.87. The molecule has 0 aliphatic carbocycles. The van der Waals surface area contributed by atoms with Crippen molar-refractivity contribution in [1.29, 1.82) is 0 Å². The summed E-state index contributed by atoms with van der Waals surface area (Å²) in [5, 5.41) is -0.578. The van der Waals surface area contributed by atoms with Crippen molar-refractivity contribution in [3.8, 4) is 0 Å². The molecule has 0 amide bonds. The molecule has 0 atom stereocenters. The van der Waals surface area contributed by atoms with Crippen LogP contribution in [-0.4, -0.2) is 10.2 Å². The molecule has 10 heavy (non-hydrogen) atoms. The van der Waals surface area contributed by atoms with Crippen molar-refractivity contribution in [3.05, 3.63) is 23.9 Å². The molecule has 0 aromatic carbocycles. The number of aromatic nitrogens is 1. The first-order chi connectivity index (χ1) is 4.72. The number of carbonyl (C=O) groups is 1. The maximum Gasteiger partial charge on any atom is 0.256 e. The lowest BCUT2D eigenvalue weighted by atomic mass is 10.3. The third-order valence-electron chi connectivity index (χ3n) is 1.05. The quantitative estimate of drug-likeness (QED) is 0.619. The van der Waals surface area contributed by atoms with Crippen LogP contribution in [0.4, 0.5) is 5.82 Å². The molecule has 0 saturated carbocycles. The van der Waals surface area contributed by atoms with Gasteiger partial charge in [-0.2, -0.15) is 0 Å². The van der Waals surface area contributed by atoms with Gasteiger partial charge in [0.1, 0.15) is 5.82 Å². The molecule has 0 saturated heterocycles. The molecule has 1 aromatic rings. The highest BCUT2D eigenvalue weighted by molar-refractivity contribution is 6.68. The fourth-order valence-corrected chi connectivity index (χ4v) is 0.744. The van der Waals surface area contributed by atoms with Gasteiger partial charge < -0.3 is 5.73 Å². The van der Waals surface area contributed by atoms with Gasteiger partial charge in [-0.25, -0.2) is 4.98 Å². The highest BCUT2D eigenvalue weighted by atomic mass is 35.5. The SMILES string of the molecule is Nc1ncccc1C(=O)Cl. The highest BCUT2D eigenvalue weighted by Gasteiger charge is 2.04. The maximum atomic E-state index is 10.5. The summed E-state index contributed by atoms with van der Waals surface area (Å²) in [7, 11) is 0. The minimum Gasteiger partial charge on any atom is -0.383 e. The summed E-state index contributed by atoms with van der Waals surface area (Å²) in [6, 6.07) is 3.13. The summed E-state index contributed by atoms with van der Waals surface area (Å²) in [5.74, 6) is 0.169. The van der Waals surface area contributed by atoms with Gasteiger partial charge in [-0.15, -0.1) is 0 Å². The van der Waals surface area contributed by atoms with Crippen LogP contribution in [0.3, 0.4) is 0 Å². The van der Waals surface area contributed by atoms with Gasteiger partial charge in [-0.3, -0.25) is 4.79 Å². The van der Waals surface area contributed by atoms with Crippen molar-refractivity contribution in [3.63, 3.8) is 0 Å². The first kappa shape index (κ1) is 7.02. The van der Waals surface area contributed by atoms with Gasteiger partial charge in [-0.1, -0.05) is 0 Å². The largest absolute Gasteiger partial charge is 0.383 e. The van der Waals surface area contributed by atoms with Crippen LogP contribution in [0.15, 0.2) is 18.3 Å². The number of nitrogens with zero attached hydrogens (tertiary/aromatic N) is 1. The highest BCUT2D eigenvalue weighted by Crippen LogP contribution is 2.08. The van der Waals surface area contributed by atoms with Crippen LogP contribution in [-0.2, 0) is 0 Å². The molecule has 0 unspecified atom stereocenters. The molecule has 0 fully saturated rings. The molecule has 1 aromatic heterocycles. The lowest BCUT2D eigenvalue weighted by molar-refractivity contribution is 0.108. The molecule has 1 rings (SSSR count). The second kappa shape index (κ2) is 2.66. The van der Waals surface area contributed by atoms with E-state index in [1.54, 1.807) is 6.07 Å². The van der Waals surface area contributed by atoms with Crippen molar-refractivity contribution >= 4 is 22.7 Å². The van der Waals surface area contributed by atoms with Crippen LogP contribution in [0.5, 0.6) is 0 Å². The molecule has 52 valence electrons. The number of nitrogen functional groups attached to an aromatic ring is 1. The van der Waals surface area contributed by atoms with Gasteiger partial charge in [-0.05, 0) is 23.7 Å². The summed E-state index contributed by atoms with van der Waals surface area (Å²) >= 11 is 5.15. The number of pyridine rings is 1. The predicted molar refractivity (Wildman–Crippen MR) is 38.8 cm³/mol. The van der Waals surface area contributed by atoms with Crippen molar-refractivity contribution in [1.82, 2.24) is 4.98 Å². The second-order valence-electron chi connectivity index (χ2n) is 1.71. The van der Waals surface area contributed by atoms with E-state index in [1.165, 1.54) is 12.3 Å². The topological polar surface area (TPSA) is 56.0 Å². The second-order valence-corrected chi connectivity index (χ2v) is 2.05. The van der Waals surface area contributed by atoms with E-state index in [4.69, 9.17) is 17.3 Å². The van der Waals surface area contributed by atoms with Crippen LogP contribution >= 0.6 is 11.6 Å². The van der Waals surface area contributed by atoms with Crippen molar-refractivity contribution in [2.45, 2.75) is 0 Å². The number of anilines is 1. The molecular formula is C6H5ClN2O. The van der Waals surface area contributed by atoms with Gasteiger partial charge in [0.05, 0.1) is 5.56 Å². The van der Waals surface area contributed by atoms with E-state index < -0.39 is 5.24 Å². The fraction of sp³-hybridized carbons (Fsp3) is 0. The minimum absolute atomic E-state index is 0.169. The normalized spacial score (nSPS) is 9.30. The molecule has 4 heteroatoms. The Morgan fingerprint density at radius 1 is 1.70 bits per heavy atom. The van der Waals surface area contributed by atoms with Crippen molar-refractivity contribution in [2.24, 2.45) is 0 Å². The number of halogens is 1. The van der Waals surface area contributed by atoms with E-state index >= 15 is 0 Å². The lowest BCUT2D eigenvalue weighted by Gasteiger charge is -1.95.